The van der Waals surface area contributed by atoms with Crippen LogP contribution in [0, 0.1) is 10.1 Å². The third-order valence-electron chi connectivity index (χ3n) is 3.02. The van der Waals surface area contributed by atoms with E-state index in [2.05, 4.69) is 10.6 Å². The maximum absolute atomic E-state index is 11.1. The van der Waals surface area contributed by atoms with Crippen LogP contribution in [0.4, 0.5) is 11.4 Å². The zero-order chi connectivity index (χ0) is 14.5. The Bertz CT molecular complexity index is 514. The number of carbonyl (C=O) groups excluding carboxylic acids is 1. The Labute approximate surface area is 115 Å². The summed E-state index contributed by atoms with van der Waals surface area (Å²) in [5, 5.41) is 17.2. The molecule has 20 heavy (non-hydrogen) atoms. The number of carbonyl (C=O) groups is 1. The molecule has 1 saturated heterocycles. The van der Waals surface area contributed by atoms with E-state index in [1.165, 1.54) is 18.2 Å². The van der Waals surface area contributed by atoms with Crippen LogP contribution in [0.5, 0.6) is 0 Å². The van der Waals surface area contributed by atoms with Gasteiger partial charge in [-0.15, -0.1) is 0 Å². The maximum atomic E-state index is 11.1. The van der Waals surface area contributed by atoms with Crippen molar-refractivity contribution in [1.82, 2.24) is 5.32 Å². The SMILES string of the molecule is NC(=O)c1ccc([N+](=O)[O-])c(NCC2COCCN2)c1. The Balaban J connectivity index is 2.12. The molecule has 1 amide bonds. The van der Waals surface area contributed by atoms with Gasteiger partial charge in [0.15, 0.2) is 0 Å². The summed E-state index contributed by atoms with van der Waals surface area (Å²) in [6, 6.07) is 4.07. The van der Waals surface area contributed by atoms with Crippen LogP contribution in [0.1, 0.15) is 10.4 Å². The number of benzene rings is 1. The molecular weight excluding hydrogens is 264 g/mol. The summed E-state index contributed by atoms with van der Waals surface area (Å²) < 4.78 is 5.30. The molecule has 1 aliphatic rings. The summed E-state index contributed by atoms with van der Waals surface area (Å²) in [7, 11) is 0. The minimum absolute atomic E-state index is 0.0700. The number of anilines is 1. The average molecular weight is 280 g/mol. The zero-order valence-corrected chi connectivity index (χ0v) is 10.8. The van der Waals surface area contributed by atoms with Crippen LogP contribution in [0.25, 0.3) is 0 Å². The normalized spacial score (nSPS) is 18.5. The zero-order valence-electron chi connectivity index (χ0n) is 10.8. The van der Waals surface area contributed by atoms with E-state index < -0.39 is 10.8 Å². The molecule has 0 aromatic heterocycles. The average Bonchev–Trinajstić information content (AvgIpc) is 2.45. The first kappa shape index (κ1) is 14.2. The molecule has 1 aliphatic heterocycles. The van der Waals surface area contributed by atoms with Gasteiger partial charge in [-0.2, -0.15) is 0 Å². The van der Waals surface area contributed by atoms with Crippen LogP contribution >= 0.6 is 0 Å². The highest BCUT2D eigenvalue weighted by Gasteiger charge is 2.18. The van der Waals surface area contributed by atoms with E-state index >= 15 is 0 Å². The first-order valence-electron chi connectivity index (χ1n) is 6.21. The molecule has 0 aliphatic carbocycles. The number of amides is 1. The highest BCUT2D eigenvalue weighted by molar-refractivity contribution is 5.94. The number of primary amides is 1. The number of nitrogens with one attached hydrogen (secondary N) is 2. The Morgan fingerprint density at radius 1 is 1.60 bits per heavy atom. The van der Waals surface area contributed by atoms with Crippen molar-refractivity contribution in [3.8, 4) is 0 Å². The number of nitrogens with two attached hydrogens (primary N) is 1. The molecule has 0 bridgehead atoms. The van der Waals surface area contributed by atoms with Gasteiger partial charge in [0.1, 0.15) is 5.69 Å². The lowest BCUT2D eigenvalue weighted by molar-refractivity contribution is -0.384. The quantitative estimate of drug-likeness (QED) is 0.519. The van der Waals surface area contributed by atoms with E-state index in [1.54, 1.807) is 0 Å². The molecule has 108 valence electrons. The monoisotopic (exact) mass is 280 g/mol. The van der Waals surface area contributed by atoms with Crippen molar-refractivity contribution in [1.29, 1.82) is 0 Å². The van der Waals surface area contributed by atoms with Gasteiger partial charge in [0.2, 0.25) is 5.91 Å². The predicted octanol–water partition coefficient (Wildman–Crippen LogP) is 0.0940. The van der Waals surface area contributed by atoms with E-state index in [9.17, 15) is 14.9 Å². The fourth-order valence-electron chi connectivity index (χ4n) is 1.97. The van der Waals surface area contributed by atoms with Crippen molar-refractivity contribution in [2.45, 2.75) is 6.04 Å². The first-order chi connectivity index (χ1) is 9.58. The van der Waals surface area contributed by atoms with E-state index in [0.717, 1.165) is 6.54 Å². The lowest BCUT2D eigenvalue weighted by Gasteiger charge is -2.24. The molecular formula is C12H16N4O4. The summed E-state index contributed by atoms with van der Waals surface area (Å²) in [5.74, 6) is -0.623. The Hall–Kier alpha value is -2.19. The first-order valence-corrected chi connectivity index (χ1v) is 6.21. The van der Waals surface area contributed by atoms with E-state index in [0.29, 0.717) is 19.8 Å². The summed E-state index contributed by atoms with van der Waals surface area (Å²) in [4.78, 5) is 21.6. The van der Waals surface area contributed by atoms with Gasteiger partial charge < -0.3 is 21.1 Å². The third-order valence-corrected chi connectivity index (χ3v) is 3.02. The Kier molecular flexibility index (Phi) is 4.49. The van der Waals surface area contributed by atoms with Crippen molar-refractivity contribution in [2.75, 3.05) is 31.6 Å². The summed E-state index contributed by atoms with van der Waals surface area (Å²) in [6.45, 7) is 2.41. The Morgan fingerprint density at radius 2 is 2.40 bits per heavy atom. The summed E-state index contributed by atoms with van der Waals surface area (Å²) in [5.41, 5.74) is 5.59. The van der Waals surface area contributed by atoms with Gasteiger partial charge in [0, 0.05) is 30.8 Å². The highest BCUT2D eigenvalue weighted by atomic mass is 16.6. The van der Waals surface area contributed by atoms with Gasteiger partial charge in [0.05, 0.1) is 18.1 Å². The highest BCUT2D eigenvalue weighted by Crippen LogP contribution is 2.25. The fourth-order valence-corrected chi connectivity index (χ4v) is 1.97. The van der Waals surface area contributed by atoms with Gasteiger partial charge >= 0.3 is 0 Å². The van der Waals surface area contributed by atoms with Crippen LogP contribution < -0.4 is 16.4 Å². The molecule has 0 spiro atoms. The van der Waals surface area contributed by atoms with Gasteiger partial charge in [-0.1, -0.05) is 0 Å². The number of nitrogens with zero attached hydrogens (tertiary/aromatic N) is 1. The third kappa shape index (κ3) is 3.43. The number of nitro groups is 1. The number of rotatable bonds is 5. The molecule has 1 fully saturated rings. The van der Waals surface area contributed by atoms with E-state index in [4.69, 9.17) is 10.5 Å². The number of nitro benzene ring substituents is 1. The standard InChI is InChI=1S/C12H16N4O4/c13-12(17)8-1-2-11(16(18)19)10(5-8)15-6-9-7-20-4-3-14-9/h1-2,5,9,14-15H,3-4,6-7H2,(H2,13,17). The van der Waals surface area contributed by atoms with Crippen molar-refractivity contribution in [3.05, 3.63) is 33.9 Å². The topological polar surface area (TPSA) is 120 Å². The number of hydrogen-bond donors (Lipinski definition) is 3. The molecule has 1 aromatic carbocycles. The van der Waals surface area contributed by atoms with Crippen LogP contribution in [0.3, 0.4) is 0 Å². The molecule has 4 N–H and O–H groups in total. The van der Waals surface area contributed by atoms with Crippen LogP contribution in [-0.4, -0.2) is 43.2 Å². The van der Waals surface area contributed by atoms with E-state index in [1.807, 2.05) is 0 Å². The molecule has 1 atom stereocenters. The lowest BCUT2D eigenvalue weighted by Crippen LogP contribution is -2.45. The minimum atomic E-state index is -0.623. The lowest BCUT2D eigenvalue weighted by atomic mass is 10.1. The summed E-state index contributed by atoms with van der Waals surface area (Å²) in [6.07, 6.45) is 0. The molecule has 8 nitrogen and oxygen atoms in total. The molecule has 0 saturated carbocycles. The molecule has 1 unspecified atom stereocenters. The second-order valence-corrected chi connectivity index (χ2v) is 4.46. The van der Waals surface area contributed by atoms with Crippen molar-refractivity contribution in [3.63, 3.8) is 0 Å². The van der Waals surface area contributed by atoms with Crippen LogP contribution in [0.2, 0.25) is 0 Å². The van der Waals surface area contributed by atoms with Crippen molar-refractivity contribution >= 4 is 17.3 Å². The molecule has 1 aromatic rings. The number of hydrogen-bond acceptors (Lipinski definition) is 6. The molecule has 1 heterocycles. The van der Waals surface area contributed by atoms with Gasteiger partial charge in [-0.05, 0) is 12.1 Å². The van der Waals surface area contributed by atoms with Crippen molar-refractivity contribution in [2.24, 2.45) is 5.73 Å². The molecule has 0 radical (unpaired) electrons. The largest absolute Gasteiger partial charge is 0.378 e. The second kappa shape index (κ2) is 6.31. The second-order valence-electron chi connectivity index (χ2n) is 4.46. The maximum Gasteiger partial charge on any atom is 0.292 e. The minimum Gasteiger partial charge on any atom is -0.378 e. The number of morpholine rings is 1. The van der Waals surface area contributed by atoms with Gasteiger partial charge in [-0.25, -0.2) is 0 Å². The van der Waals surface area contributed by atoms with Crippen LogP contribution in [-0.2, 0) is 4.74 Å². The molecule has 2 rings (SSSR count). The summed E-state index contributed by atoms with van der Waals surface area (Å²) >= 11 is 0. The van der Waals surface area contributed by atoms with Gasteiger partial charge in [0.25, 0.3) is 5.69 Å². The number of ether oxygens (including phenoxy) is 1. The van der Waals surface area contributed by atoms with Crippen LogP contribution in [0.15, 0.2) is 18.2 Å². The fraction of sp³-hybridized carbons (Fsp3) is 0.417. The van der Waals surface area contributed by atoms with Gasteiger partial charge in [-0.3, -0.25) is 14.9 Å². The molecule has 8 heteroatoms. The van der Waals surface area contributed by atoms with Crippen molar-refractivity contribution < 1.29 is 14.5 Å². The van der Waals surface area contributed by atoms with E-state index in [-0.39, 0.29) is 23.0 Å². The smallest absolute Gasteiger partial charge is 0.292 e. The predicted molar refractivity (Wildman–Crippen MR) is 72.7 cm³/mol. The Morgan fingerprint density at radius 3 is 3.00 bits per heavy atom.